The monoisotopic (exact) mass is 881 g/mol. The van der Waals surface area contributed by atoms with Crippen LogP contribution in [0.3, 0.4) is 0 Å². The molecule has 0 radical (unpaired) electrons. The first-order valence-corrected chi connectivity index (χ1v) is 25.1. The largest absolute Gasteiger partial charge is 0.465 e. The van der Waals surface area contributed by atoms with E-state index in [0.717, 1.165) is 66.7 Å². The number of allylic oxidation sites excluding steroid dienone is 7. The number of anilines is 1. The Bertz CT molecular complexity index is 2660. The van der Waals surface area contributed by atoms with Crippen LogP contribution in [-0.4, -0.2) is 51.4 Å². The Hall–Kier alpha value is -4.44. The lowest BCUT2D eigenvalue weighted by molar-refractivity contribution is -0.438. The van der Waals surface area contributed by atoms with E-state index in [1.165, 1.54) is 83.3 Å². The van der Waals surface area contributed by atoms with Crippen molar-refractivity contribution in [3.8, 4) is 0 Å². The summed E-state index contributed by atoms with van der Waals surface area (Å²) in [5.74, 6) is -0.226. The van der Waals surface area contributed by atoms with E-state index in [4.69, 9.17) is 9.84 Å². The van der Waals surface area contributed by atoms with Crippen LogP contribution in [0.4, 0.5) is 11.4 Å². The molecule has 0 spiro atoms. The van der Waals surface area contributed by atoms with Gasteiger partial charge in [0, 0.05) is 52.4 Å². The predicted molar refractivity (Wildman–Crippen MR) is 265 cm³/mol. The van der Waals surface area contributed by atoms with Gasteiger partial charge in [-0.3, -0.25) is 4.79 Å². The van der Waals surface area contributed by atoms with Gasteiger partial charge in [-0.25, -0.2) is 0 Å². The molecule has 2 aliphatic heterocycles. The van der Waals surface area contributed by atoms with Crippen molar-refractivity contribution in [3.05, 3.63) is 130 Å². The molecule has 4 aromatic carbocycles. The molecule has 9 heteroatoms. The van der Waals surface area contributed by atoms with Crippen LogP contribution >= 0.6 is 34.9 Å². The van der Waals surface area contributed by atoms with Crippen LogP contribution in [0.25, 0.3) is 21.5 Å². The number of hydrogen-bond donors (Lipinski definition) is 0. The zero-order valence-corrected chi connectivity index (χ0v) is 40.2. The molecule has 1 atom stereocenters. The van der Waals surface area contributed by atoms with Gasteiger partial charge in [0.15, 0.2) is 14.4 Å². The van der Waals surface area contributed by atoms with Crippen LogP contribution in [-0.2, 0) is 20.4 Å². The molecule has 6 nitrogen and oxygen atoms in total. The molecule has 3 heterocycles. The van der Waals surface area contributed by atoms with E-state index in [1.54, 1.807) is 23.1 Å². The van der Waals surface area contributed by atoms with E-state index < -0.39 is 0 Å². The first kappa shape index (κ1) is 44.2. The molecule has 5 aromatic rings. The van der Waals surface area contributed by atoms with Gasteiger partial charge in [0.25, 0.3) is 0 Å². The van der Waals surface area contributed by atoms with Crippen molar-refractivity contribution >= 4 is 79.5 Å². The molecule has 0 N–H and O–H groups in total. The molecule has 1 unspecified atom stereocenters. The minimum atomic E-state index is -0.356. The van der Waals surface area contributed by atoms with Crippen molar-refractivity contribution in [1.29, 1.82) is 0 Å². The summed E-state index contributed by atoms with van der Waals surface area (Å²) in [5, 5.41) is 14.2. The zero-order chi connectivity index (χ0) is 43.6. The van der Waals surface area contributed by atoms with E-state index in [1.807, 2.05) is 13.8 Å². The number of fused-ring (bicyclic) bond motifs is 6. The van der Waals surface area contributed by atoms with Crippen LogP contribution in [0.2, 0.25) is 0 Å². The highest BCUT2D eigenvalue weighted by Gasteiger charge is 2.45. The quantitative estimate of drug-likeness (QED) is 0.0590. The third kappa shape index (κ3) is 8.49. The molecule has 0 saturated carbocycles. The highest BCUT2D eigenvalue weighted by Crippen LogP contribution is 2.52. The Morgan fingerprint density at radius 3 is 2.26 bits per heavy atom. The normalized spacial score (nSPS) is 18.8. The van der Waals surface area contributed by atoms with Crippen molar-refractivity contribution in [3.63, 3.8) is 0 Å². The van der Waals surface area contributed by atoms with Crippen molar-refractivity contribution in [2.24, 2.45) is 0 Å². The zero-order valence-electron chi connectivity index (χ0n) is 37.7. The molecule has 1 aliphatic carbocycles. The van der Waals surface area contributed by atoms with Crippen LogP contribution in [0.5, 0.6) is 0 Å². The second kappa shape index (κ2) is 18.7. The summed E-state index contributed by atoms with van der Waals surface area (Å²) < 4.78 is 9.54. The Morgan fingerprint density at radius 2 is 1.53 bits per heavy atom. The molecule has 0 bridgehead atoms. The average molecular weight is 882 g/mol. The van der Waals surface area contributed by atoms with Crippen LogP contribution < -0.4 is 4.90 Å². The van der Waals surface area contributed by atoms with Gasteiger partial charge in [-0.2, -0.15) is 4.58 Å². The number of rotatable bonds is 15. The summed E-state index contributed by atoms with van der Waals surface area (Å²) in [4.78, 5) is 16.4. The number of nitrogens with zero attached hydrogens (tertiary/aromatic N) is 4. The van der Waals surface area contributed by atoms with Crippen molar-refractivity contribution in [2.45, 2.75) is 125 Å². The summed E-state index contributed by atoms with van der Waals surface area (Å²) in [6, 6.07) is 27.0. The number of ether oxygens (including phenoxy) is 1. The van der Waals surface area contributed by atoms with Gasteiger partial charge >= 0.3 is 5.97 Å². The highest BCUT2D eigenvalue weighted by molar-refractivity contribution is 8.06. The lowest BCUT2D eigenvalue weighted by Gasteiger charge is -2.27. The number of benzene rings is 4. The van der Waals surface area contributed by atoms with E-state index >= 15 is 0 Å². The number of carbonyl (C=O) groups excluding carboxylic acids is 1. The molecule has 0 fully saturated rings. The van der Waals surface area contributed by atoms with Crippen molar-refractivity contribution in [2.75, 3.05) is 24.6 Å². The summed E-state index contributed by atoms with van der Waals surface area (Å²) >= 11 is 4.71. The lowest BCUT2D eigenvalue weighted by Crippen LogP contribution is -2.28. The Kier molecular flexibility index (Phi) is 13.3. The Balaban J connectivity index is 1.23. The van der Waals surface area contributed by atoms with Crippen molar-refractivity contribution < 1.29 is 14.1 Å². The topological polar surface area (TPSA) is 58.3 Å². The summed E-state index contributed by atoms with van der Waals surface area (Å²) in [6.45, 7) is 20.2. The molecule has 0 amide bonds. The van der Waals surface area contributed by atoms with Gasteiger partial charge in [0.1, 0.15) is 11.8 Å². The van der Waals surface area contributed by atoms with Crippen LogP contribution in [0.15, 0.2) is 128 Å². The SMILES string of the molecule is CCCCN1/C(=C/C=C2\CCCC(/C=C/C3=[N+](CCCC)c4ccc5ccccc5c4C3(C)C)=C2Sc2nnc(SC(C)C(=O)OCC)s2)C(C)(C)c2c1ccc1ccccc21. The number of aromatic nitrogens is 2. The number of hydrogen-bond acceptors (Lipinski definition) is 8. The second-order valence-electron chi connectivity index (χ2n) is 17.7. The first-order valence-electron chi connectivity index (χ1n) is 22.6. The third-order valence-electron chi connectivity index (χ3n) is 12.8. The van der Waals surface area contributed by atoms with Gasteiger partial charge in [-0.05, 0) is 110 Å². The van der Waals surface area contributed by atoms with E-state index in [-0.39, 0.29) is 22.0 Å². The van der Waals surface area contributed by atoms with Gasteiger partial charge < -0.3 is 9.64 Å². The van der Waals surface area contributed by atoms with Crippen LogP contribution in [0, 0.1) is 0 Å². The van der Waals surface area contributed by atoms with Crippen LogP contribution in [0.1, 0.15) is 111 Å². The maximum Gasteiger partial charge on any atom is 0.319 e. The summed E-state index contributed by atoms with van der Waals surface area (Å²) in [5.41, 5.74) is 10.5. The fourth-order valence-corrected chi connectivity index (χ4v) is 13.1. The summed E-state index contributed by atoms with van der Waals surface area (Å²) in [6.07, 6.45) is 17.3. The van der Waals surface area contributed by atoms with Gasteiger partial charge in [-0.1, -0.05) is 142 Å². The molecule has 62 heavy (non-hydrogen) atoms. The average Bonchev–Trinajstić information content (AvgIpc) is 3.87. The minimum absolute atomic E-state index is 0.178. The first-order chi connectivity index (χ1) is 30.0. The maximum atomic E-state index is 12.5. The number of thioether (sulfide) groups is 2. The van der Waals surface area contributed by atoms with Crippen molar-refractivity contribution in [1.82, 2.24) is 10.2 Å². The number of carbonyl (C=O) groups is 1. The van der Waals surface area contributed by atoms with Gasteiger partial charge in [-0.15, -0.1) is 10.2 Å². The van der Waals surface area contributed by atoms with E-state index in [2.05, 4.69) is 153 Å². The van der Waals surface area contributed by atoms with E-state index in [0.29, 0.717) is 6.61 Å². The molecule has 322 valence electrons. The molecule has 3 aliphatic rings. The number of esters is 1. The smallest absolute Gasteiger partial charge is 0.319 e. The molecule has 1 aromatic heterocycles. The van der Waals surface area contributed by atoms with E-state index in [9.17, 15) is 4.79 Å². The summed E-state index contributed by atoms with van der Waals surface area (Å²) in [7, 11) is 0. The fourth-order valence-electron chi connectivity index (χ4n) is 9.73. The third-order valence-corrected chi connectivity index (χ3v) is 16.2. The van der Waals surface area contributed by atoms with Gasteiger partial charge in [0.05, 0.1) is 12.0 Å². The molecule has 0 saturated heterocycles. The Labute approximate surface area is 381 Å². The number of unbranched alkanes of at least 4 members (excludes halogenated alkanes) is 2. The minimum Gasteiger partial charge on any atom is -0.465 e. The highest BCUT2D eigenvalue weighted by atomic mass is 32.2. The lowest BCUT2D eigenvalue weighted by atomic mass is 9.78. The van der Waals surface area contributed by atoms with Gasteiger partial charge in [0.2, 0.25) is 5.69 Å². The molecule has 8 rings (SSSR count). The standard InChI is InChI=1S/C53H61N4O2S3/c1-9-12-33-56-42-29-25-36-19-14-16-23-40(36)46(42)52(5,6)44(56)31-27-38-21-18-22-39(48(38)61-51-55-54-50(62-51)60-35(4)49(58)59-11-3)28-32-45-53(7,8)47-41-24-17-15-20-37(41)26-30-43(47)57(45)34-13-10-2/h14-17,19-20,23-32,35H,9-13,18,21-22,33-34H2,1-8H3/q+1. The molecular weight excluding hydrogens is 821 g/mol. The Morgan fingerprint density at radius 1 is 0.839 bits per heavy atom. The predicted octanol–water partition coefficient (Wildman–Crippen LogP) is 14.3. The maximum absolute atomic E-state index is 12.5. The second-order valence-corrected chi connectivity index (χ2v) is 21.6. The molecular formula is C53H61N4O2S3+. The fraction of sp³-hybridized carbons (Fsp3) is 0.396.